The molecule has 0 spiro atoms. The van der Waals surface area contributed by atoms with Crippen molar-refractivity contribution in [3.63, 3.8) is 0 Å². The van der Waals surface area contributed by atoms with E-state index in [2.05, 4.69) is 10.3 Å². The van der Waals surface area contributed by atoms with Crippen molar-refractivity contribution in [2.75, 3.05) is 38.2 Å². The maximum absolute atomic E-state index is 12.7. The van der Waals surface area contributed by atoms with E-state index in [-0.39, 0.29) is 31.3 Å². The molecule has 1 unspecified atom stereocenters. The number of sulfonamides is 1. The maximum Gasteiger partial charge on any atom is 0.262 e. The second-order valence-electron chi connectivity index (χ2n) is 4.82. The molecule has 1 saturated heterocycles. The normalized spacial score (nSPS) is 20.4. The number of pyridine rings is 1. The highest BCUT2D eigenvalue weighted by molar-refractivity contribution is 7.89. The standard InChI is InChI=1S/C13H21N3O4S/c1-2-5-14-12-4-3-6-15-13(12)21(18,19)16-7-8-20-11(9-16)10-17/h3-4,6,11,14,17H,2,5,7-10H2,1H3. The Hall–Kier alpha value is -1.22. The molecule has 0 saturated carbocycles. The van der Waals surface area contributed by atoms with Gasteiger partial charge in [-0.1, -0.05) is 6.92 Å². The van der Waals surface area contributed by atoms with Gasteiger partial charge in [-0.05, 0) is 18.6 Å². The fraction of sp³-hybridized carbons (Fsp3) is 0.615. The number of nitrogens with zero attached hydrogens (tertiary/aromatic N) is 2. The summed E-state index contributed by atoms with van der Waals surface area (Å²) in [6, 6.07) is 3.41. The van der Waals surface area contributed by atoms with Crippen LogP contribution in [0.4, 0.5) is 5.69 Å². The van der Waals surface area contributed by atoms with Gasteiger partial charge >= 0.3 is 0 Å². The highest BCUT2D eigenvalue weighted by Crippen LogP contribution is 2.23. The first-order valence-electron chi connectivity index (χ1n) is 7.01. The van der Waals surface area contributed by atoms with Crippen molar-refractivity contribution in [1.82, 2.24) is 9.29 Å². The van der Waals surface area contributed by atoms with Gasteiger partial charge in [-0.3, -0.25) is 0 Å². The van der Waals surface area contributed by atoms with E-state index in [1.165, 1.54) is 10.5 Å². The Morgan fingerprint density at radius 1 is 1.57 bits per heavy atom. The molecule has 21 heavy (non-hydrogen) atoms. The molecule has 2 heterocycles. The van der Waals surface area contributed by atoms with Crippen LogP contribution in [-0.4, -0.2) is 61.8 Å². The second kappa shape index (κ2) is 7.17. The van der Waals surface area contributed by atoms with E-state index in [9.17, 15) is 8.42 Å². The van der Waals surface area contributed by atoms with Gasteiger partial charge in [0.2, 0.25) is 0 Å². The first-order chi connectivity index (χ1) is 10.1. The van der Waals surface area contributed by atoms with Gasteiger partial charge < -0.3 is 15.2 Å². The minimum atomic E-state index is -3.70. The first-order valence-corrected chi connectivity index (χ1v) is 8.45. The molecule has 2 N–H and O–H groups in total. The molecule has 1 aromatic rings. The van der Waals surface area contributed by atoms with Crippen LogP contribution in [0, 0.1) is 0 Å². The molecule has 0 aliphatic carbocycles. The van der Waals surface area contributed by atoms with Gasteiger partial charge in [0, 0.05) is 25.8 Å². The molecule has 2 rings (SSSR count). The van der Waals surface area contributed by atoms with Crippen molar-refractivity contribution in [2.24, 2.45) is 0 Å². The van der Waals surface area contributed by atoms with Crippen LogP contribution in [0.2, 0.25) is 0 Å². The summed E-state index contributed by atoms with van der Waals surface area (Å²) in [5.74, 6) is 0. The lowest BCUT2D eigenvalue weighted by Gasteiger charge is -2.31. The largest absolute Gasteiger partial charge is 0.394 e. The molecule has 1 aromatic heterocycles. The van der Waals surface area contributed by atoms with Crippen molar-refractivity contribution >= 4 is 15.7 Å². The van der Waals surface area contributed by atoms with Crippen LogP contribution >= 0.6 is 0 Å². The van der Waals surface area contributed by atoms with Crippen molar-refractivity contribution in [1.29, 1.82) is 0 Å². The lowest BCUT2D eigenvalue weighted by molar-refractivity contribution is -0.0305. The lowest BCUT2D eigenvalue weighted by Crippen LogP contribution is -2.47. The van der Waals surface area contributed by atoms with Gasteiger partial charge in [0.15, 0.2) is 5.03 Å². The van der Waals surface area contributed by atoms with Crippen LogP contribution in [0.5, 0.6) is 0 Å². The average Bonchev–Trinajstić information content (AvgIpc) is 2.53. The first kappa shape index (κ1) is 16.2. The number of morpholine rings is 1. The van der Waals surface area contributed by atoms with E-state index >= 15 is 0 Å². The molecule has 0 aromatic carbocycles. The third-order valence-electron chi connectivity index (χ3n) is 3.23. The zero-order valence-electron chi connectivity index (χ0n) is 12.0. The Morgan fingerprint density at radius 2 is 2.38 bits per heavy atom. The molecule has 1 aliphatic rings. The SMILES string of the molecule is CCCNc1cccnc1S(=O)(=O)N1CCOC(CO)C1. The number of aromatic nitrogens is 1. The number of nitrogens with one attached hydrogen (secondary N) is 1. The van der Waals surface area contributed by atoms with E-state index in [0.717, 1.165) is 6.42 Å². The Kier molecular flexibility index (Phi) is 5.51. The number of hydrogen-bond acceptors (Lipinski definition) is 6. The quantitative estimate of drug-likeness (QED) is 0.784. The number of rotatable bonds is 6. The van der Waals surface area contributed by atoms with Crippen LogP contribution in [0.25, 0.3) is 0 Å². The summed E-state index contributed by atoms with van der Waals surface area (Å²) >= 11 is 0. The third kappa shape index (κ3) is 3.70. The summed E-state index contributed by atoms with van der Waals surface area (Å²) in [7, 11) is -3.70. The molecular weight excluding hydrogens is 294 g/mol. The predicted octanol–water partition coefficient (Wildman–Crippen LogP) is 0.285. The van der Waals surface area contributed by atoms with Gasteiger partial charge in [-0.15, -0.1) is 0 Å². The van der Waals surface area contributed by atoms with Gasteiger partial charge in [0.25, 0.3) is 10.0 Å². The van der Waals surface area contributed by atoms with Crippen molar-refractivity contribution in [2.45, 2.75) is 24.5 Å². The van der Waals surface area contributed by atoms with E-state index in [1.807, 2.05) is 6.92 Å². The zero-order chi connectivity index (χ0) is 15.3. The molecule has 1 aliphatic heterocycles. The van der Waals surface area contributed by atoms with Crippen LogP contribution in [0.3, 0.4) is 0 Å². The fourth-order valence-corrected chi connectivity index (χ4v) is 3.67. The van der Waals surface area contributed by atoms with Crippen molar-refractivity contribution in [3.8, 4) is 0 Å². The highest BCUT2D eigenvalue weighted by Gasteiger charge is 2.33. The number of aliphatic hydroxyl groups is 1. The van der Waals surface area contributed by atoms with Crippen molar-refractivity contribution < 1.29 is 18.3 Å². The Morgan fingerprint density at radius 3 is 3.10 bits per heavy atom. The van der Waals surface area contributed by atoms with Crippen molar-refractivity contribution in [3.05, 3.63) is 18.3 Å². The average molecular weight is 315 g/mol. The Balaban J connectivity index is 2.26. The lowest BCUT2D eigenvalue weighted by atomic mass is 10.3. The Bertz CT molecular complexity index is 564. The topological polar surface area (TPSA) is 91.8 Å². The summed E-state index contributed by atoms with van der Waals surface area (Å²) in [5, 5.41) is 12.3. The second-order valence-corrected chi connectivity index (χ2v) is 6.67. The van der Waals surface area contributed by atoms with Gasteiger partial charge in [-0.25, -0.2) is 13.4 Å². The van der Waals surface area contributed by atoms with Gasteiger partial charge in [0.1, 0.15) is 0 Å². The van der Waals surface area contributed by atoms with Gasteiger partial charge in [-0.2, -0.15) is 4.31 Å². The van der Waals surface area contributed by atoms with E-state index in [4.69, 9.17) is 9.84 Å². The van der Waals surface area contributed by atoms with Crippen LogP contribution in [0.1, 0.15) is 13.3 Å². The molecule has 0 radical (unpaired) electrons. The van der Waals surface area contributed by atoms with E-state index in [1.54, 1.807) is 12.1 Å². The predicted molar refractivity (Wildman–Crippen MR) is 78.6 cm³/mol. The molecule has 1 atom stereocenters. The molecule has 0 amide bonds. The number of hydrogen-bond donors (Lipinski definition) is 2. The van der Waals surface area contributed by atoms with Gasteiger partial charge in [0.05, 0.1) is 25.0 Å². The molecule has 7 nitrogen and oxygen atoms in total. The maximum atomic E-state index is 12.7. The minimum Gasteiger partial charge on any atom is -0.394 e. The summed E-state index contributed by atoms with van der Waals surface area (Å²) in [6.07, 6.45) is 1.87. The smallest absolute Gasteiger partial charge is 0.262 e. The van der Waals surface area contributed by atoms with Crippen LogP contribution in [-0.2, 0) is 14.8 Å². The molecule has 1 fully saturated rings. The fourth-order valence-electron chi connectivity index (χ4n) is 2.13. The number of ether oxygens (including phenoxy) is 1. The number of aliphatic hydroxyl groups excluding tert-OH is 1. The van der Waals surface area contributed by atoms with E-state index in [0.29, 0.717) is 12.2 Å². The van der Waals surface area contributed by atoms with Crippen LogP contribution in [0.15, 0.2) is 23.4 Å². The number of anilines is 1. The highest BCUT2D eigenvalue weighted by atomic mass is 32.2. The molecule has 0 bridgehead atoms. The minimum absolute atomic E-state index is 0.0250. The summed E-state index contributed by atoms with van der Waals surface area (Å²) in [4.78, 5) is 4.03. The third-order valence-corrected chi connectivity index (χ3v) is 5.05. The molecular formula is C13H21N3O4S. The summed E-state index contributed by atoms with van der Waals surface area (Å²) in [5.41, 5.74) is 0.506. The van der Waals surface area contributed by atoms with Crippen LogP contribution < -0.4 is 5.32 Å². The molecule has 118 valence electrons. The van der Waals surface area contributed by atoms with E-state index < -0.39 is 16.1 Å². The molecule has 8 heteroatoms. The zero-order valence-corrected chi connectivity index (χ0v) is 12.8. The summed E-state index contributed by atoms with van der Waals surface area (Å²) < 4.78 is 32.0. The Labute approximate surface area is 125 Å². The monoisotopic (exact) mass is 315 g/mol. The summed E-state index contributed by atoms with van der Waals surface area (Å²) in [6.45, 7) is 3.16.